The van der Waals surface area contributed by atoms with Gasteiger partial charge in [-0.05, 0) is 41.8 Å². The van der Waals surface area contributed by atoms with Crippen molar-refractivity contribution in [3.8, 4) is 0 Å². The molecule has 2 amide bonds. The minimum absolute atomic E-state index is 0.281. The molecule has 2 N–H and O–H groups in total. The second-order valence-corrected chi connectivity index (χ2v) is 7.13. The van der Waals surface area contributed by atoms with E-state index in [0.29, 0.717) is 28.7 Å². The summed E-state index contributed by atoms with van der Waals surface area (Å²) < 4.78 is 4.94. The number of carbonyl (C=O) groups is 3. The second-order valence-electron chi connectivity index (χ2n) is 6.69. The Morgan fingerprint density at radius 2 is 1.86 bits per heavy atom. The van der Waals surface area contributed by atoms with Gasteiger partial charge in [0.15, 0.2) is 6.61 Å². The van der Waals surface area contributed by atoms with Crippen molar-refractivity contribution in [1.29, 1.82) is 0 Å². The van der Waals surface area contributed by atoms with Gasteiger partial charge in [0.25, 0.3) is 11.8 Å². The molecule has 0 aromatic heterocycles. The Balaban J connectivity index is 1.89. The zero-order valence-corrected chi connectivity index (χ0v) is 17.0. The van der Waals surface area contributed by atoms with Gasteiger partial charge in [0.1, 0.15) is 0 Å². The van der Waals surface area contributed by atoms with E-state index in [0.717, 1.165) is 5.56 Å². The summed E-state index contributed by atoms with van der Waals surface area (Å²) in [6.45, 7) is 4.03. The van der Waals surface area contributed by atoms with Crippen molar-refractivity contribution in [2.45, 2.75) is 13.8 Å². The monoisotopic (exact) mass is 414 g/mol. The molecule has 0 aliphatic carbocycles. The third-order valence-electron chi connectivity index (χ3n) is 3.72. The van der Waals surface area contributed by atoms with Crippen LogP contribution in [-0.2, 0) is 14.3 Å². The molecule has 6 nitrogen and oxygen atoms in total. The first kappa shape index (κ1) is 22.2. The van der Waals surface area contributed by atoms with Gasteiger partial charge in [-0.1, -0.05) is 49.7 Å². The molecule has 152 valence electrons. The maximum atomic E-state index is 12.3. The van der Waals surface area contributed by atoms with E-state index < -0.39 is 18.5 Å². The van der Waals surface area contributed by atoms with Crippen LogP contribution in [0.5, 0.6) is 0 Å². The number of amides is 2. The standard InChI is InChI=1S/C22H23ClN2O4/c1-15(2)13-24-22(28)18-8-3-4-9-19(18)25-20(26)14-29-21(27)11-10-16-6-5-7-17(23)12-16/h3-12,15H,13-14H2,1-2H3,(H,24,28)(H,25,26)/b11-10+. The van der Waals surface area contributed by atoms with Crippen LogP contribution in [0.15, 0.2) is 54.6 Å². The normalized spacial score (nSPS) is 10.8. The molecular formula is C22H23ClN2O4. The van der Waals surface area contributed by atoms with E-state index in [2.05, 4.69) is 10.6 Å². The molecule has 0 aliphatic rings. The summed E-state index contributed by atoms with van der Waals surface area (Å²) in [6.07, 6.45) is 2.76. The van der Waals surface area contributed by atoms with Crippen molar-refractivity contribution in [3.63, 3.8) is 0 Å². The van der Waals surface area contributed by atoms with Gasteiger partial charge in [0.2, 0.25) is 0 Å². The Kier molecular flexibility index (Phi) is 8.43. The Labute approximate surface area is 174 Å². The number of esters is 1. The summed E-state index contributed by atoms with van der Waals surface area (Å²) in [7, 11) is 0. The summed E-state index contributed by atoms with van der Waals surface area (Å²) in [5.41, 5.74) is 1.43. The number of carbonyl (C=O) groups excluding carboxylic acids is 3. The fourth-order valence-electron chi connectivity index (χ4n) is 2.33. The van der Waals surface area contributed by atoms with Crippen molar-refractivity contribution in [2.75, 3.05) is 18.5 Å². The topological polar surface area (TPSA) is 84.5 Å². The summed E-state index contributed by atoms with van der Waals surface area (Å²) in [5.74, 6) is -1.18. The van der Waals surface area contributed by atoms with Crippen LogP contribution in [0.2, 0.25) is 5.02 Å². The molecule has 0 bridgehead atoms. The number of hydrogen-bond donors (Lipinski definition) is 2. The zero-order chi connectivity index (χ0) is 21.2. The summed E-state index contributed by atoms with van der Waals surface area (Å²) in [4.78, 5) is 36.2. The van der Waals surface area contributed by atoms with Gasteiger partial charge in [-0.2, -0.15) is 0 Å². The molecule has 0 aliphatic heterocycles. The van der Waals surface area contributed by atoms with E-state index in [1.807, 2.05) is 13.8 Å². The van der Waals surface area contributed by atoms with Crippen LogP contribution in [0, 0.1) is 5.92 Å². The summed E-state index contributed by atoms with van der Waals surface area (Å²) >= 11 is 5.88. The number of halogens is 1. The smallest absolute Gasteiger partial charge is 0.331 e. The lowest BCUT2D eigenvalue weighted by Crippen LogP contribution is -2.29. The fourth-order valence-corrected chi connectivity index (χ4v) is 2.53. The first-order chi connectivity index (χ1) is 13.8. The predicted octanol–water partition coefficient (Wildman–Crippen LogP) is 3.92. The maximum absolute atomic E-state index is 12.3. The number of anilines is 1. The molecule has 0 saturated heterocycles. The SMILES string of the molecule is CC(C)CNC(=O)c1ccccc1NC(=O)COC(=O)/C=C/c1cccc(Cl)c1. The fraction of sp³-hybridized carbons (Fsp3) is 0.227. The van der Waals surface area contributed by atoms with Crippen molar-refractivity contribution >= 4 is 41.1 Å². The average Bonchev–Trinajstić information content (AvgIpc) is 2.69. The highest BCUT2D eigenvalue weighted by atomic mass is 35.5. The zero-order valence-electron chi connectivity index (χ0n) is 16.3. The second kappa shape index (κ2) is 11.0. The van der Waals surface area contributed by atoms with Crippen molar-refractivity contribution in [1.82, 2.24) is 5.32 Å². The molecule has 0 spiro atoms. The summed E-state index contributed by atoms with van der Waals surface area (Å²) in [6, 6.07) is 13.6. The van der Waals surface area contributed by atoms with Crippen molar-refractivity contribution in [3.05, 3.63) is 70.8 Å². The number of hydrogen-bond acceptors (Lipinski definition) is 4. The molecule has 29 heavy (non-hydrogen) atoms. The number of benzene rings is 2. The molecule has 2 aromatic rings. The lowest BCUT2D eigenvalue weighted by atomic mass is 10.1. The Bertz CT molecular complexity index is 909. The molecule has 0 unspecified atom stereocenters. The maximum Gasteiger partial charge on any atom is 0.331 e. The van der Waals surface area contributed by atoms with E-state index in [1.54, 1.807) is 54.6 Å². The molecule has 0 atom stereocenters. The average molecular weight is 415 g/mol. The van der Waals surface area contributed by atoms with Crippen LogP contribution in [0.1, 0.15) is 29.8 Å². The highest BCUT2D eigenvalue weighted by Crippen LogP contribution is 2.15. The quantitative estimate of drug-likeness (QED) is 0.506. The molecule has 0 radical (unpaired) electrons. The number of rotatable bonds is 8. The minimum atomic E-state index is -0.664. The minimum Gasteiger partial charge on any atom is -0.452 e. The number of nitrogens with one attached hydrogen (secondary N) is 2. The Morgan fingerprint density at radius 1 is 1.10 bits per heavy atom. The lowest BCUT2D eigenvalue weighted by Gasteiger charge is -2.12. The van der Waals surface area contributed by atoms with Gasteiger partial charge in [-0.15, -0.1) is 0 Å². The predicted molar refractivity (Wildman–Crippen MR) is 114 cm³/mol. The van der Waals surface area contributed by atoms with Crippen molar-refractivity contribution < 1.29 is 19.1 Å². The van der Waals surface area contributed by atoms with Gasteiger partial charge in [0.05, 0.1) is 11.3 Å². The third-order valence-corrected chi connectivity index (χ3v) is 3.96. The molecule has 0 heterocycles. The molecule has 7 heteroatoms. The van der Waals surface area contributed by atoms with Crippen LogP contribution in [-0.4, -0.2) is 30.9 Å². The first-order valence-corrected chi connectivity index (χ1v) is 9.50. The molecule has 0 fully saturated rings. The van der Waals surface area contributed by atoms with Crippen molar-refractivity contribution in [2.24, 2.45) is 5.92 Å². The van der Waals surface area contributed by atoms with E-state index in [4.69, 9.17) is 16.3 Å². The summed E-state index contributed by atoms with van der Waals surface area (Å²) in [5, 5.41) is 5.95. The Hall–Kier alpha value is -3.12. The van der Waals surface area contributed by atoms with E-state index in [9.17, 15) is 14.4 Å². The third kappa shape index (κ3) is 7.79. The lowest BCUT2D eigenvalue weighted by molar-refractivity contribution is -0.142. The first-order valence-electron chi connectivity index (χ1n) is 9.12. The van der Waals surface area contributed by atoms with Gasteiger partial charge >= 0.3 is 5.97 Å². The number of para-hydroxylation sites is 1. The number of ether oxygens (including phenoxy) is 1. The molecule has 2 aromatic carbocycles. The highest BCUT2D eigenvalue weighted by Gasteiger charge is 2.14. The van der Waals surface area contributed by atoms with E-state index >= 15 is 0 Å². The van der Waals surface area contributed by atoms with Gasteiger partial charge in [-0.25, -0.2) is 4.79 Å². The van der Waals surface area contributed by atoms with Crippen LogP contribution >= 0.6 is 11.6 Å². The molecular weight excluding hydrogens is 392 g/mol. The van der Waals surface area contributed by atoms with Crippen LogP contribution < -0.4 is 10.6 Å². The van der Waals surface area contributed by atoms with E-state index in [1.165, 1.54) is 6.08 Å². The Morgan fingerprint density at radius 3 is 2.59 bits per heavy atom. The van der Waals surface area contributed by atoms with Crippen LogP contribution in [0.25, 0.3) is 6.08 Å². The largest absolute Gasteiger partial charge is 0.452 e. The van der Waals surface area contributed by atoms with Crippen LogP contribution in [0.4, 0.5) is 5.69 Å². The van der Waals surface area contributed by atoms with Gasteiger partial charge < -0.3 is 15.4 Å². The highest BCUT2D eigenvalue weighted by molar-refractivity contribution is 6.30. The van der Waals surface area contributed by atoms with Gasteiger partial charge in [-0.3, -0.25) is 9.59 Å². The molecule has 2 rings (SSSR count). The van der Waals surface area contributed by atoms with Crippen LogP contribution in [0.3, 0.4) is 0 Å². The molecule has 0 saturated carbocycles. The van der Waals surface area contributed by atoms with Gasteiger partial charge in [0, 0.05) is 17.6 Å². The van der Waals surface area contributed by atoms with E-state index in [-0.39, 0.29) is 5.91 Å².